The van der Waals surface area contributed by atoms with Crippen LogP contribution in [-0.2, 0) is 0 Å². The fourth-order valence-corrected chi connectivity index (χ4v) is 1.22. The van der Waals surface area contributed by atoms with Crippen molar-refractivity contribution in [3.8, 4) is 11.5 Å². The molecule has 4 N–H and O–H groups in total. The minimum absolute atomic E-state index is 0.0593. The normalized spacial score (nSPS) is 9.80. The van der Waals surface area contributed by atoms with E-state index in [0.29, 0.717) is 22.7 Å². The van der Waals surface area contributed by atoms with Crippen LogP contribution in [-0.4, -0.2) is 26.5 Å². The monoisotopic (exact) mass is 210 g/mol. The lowest BCUT2D eigenvalue weighted by Gasteiger charge is -2.11. The fourth-order valence-electron chi connectivity index (χ4n) is 1.22. The van der Waals surface area contributed by atoms with Crippen molar-refractivity contribution in [3.05, 3.63) is 17.7 Å². The lowest BCUT2D eigenvalue weighted by atomic mass is 10.1. The van der Waals surface area contributed by atoms with Gasteiger partial charge in [0.05, 0.1) is 20.8 Å². The smallest absolute Gasteiger partial charge is 0.176 e. The van der Waals surface area contributed by atoms with Gasteiger partial charge in [0.25, 0.3) is 0 Å². The number of hydrogen-bond donors (Lipinski definition) is 2. The molecule has 0 amide bonds. The number of nitrogens with two attached hydrogens (primary N) is 2. The van der Waals surface area contributed by atoms with Gasteiger partial charge in [0, 0.05) is 5.56 Å². The average Bonchev–Trinajstić information content (AvgIpc) is 2.28. The number of carbonyl (C=O) groups excluding carboxylic acids is 1. The van der Waals surface area contributed by atoms with Crippen molar-refractivity contribution in [1.29, 1.82) is 0 Å². The zero-order valence-corrected chi connectivity index (χ0v) is 8.74. The number of methoxy groups -OCH3 is 2. The largest absolute Gasteiger partial charge is 0.494 e. The lowest BCUT2D eigenvalue weighted by Crippen LogP contribution is -2.14. The Bertz CT molecular complexity index is 352. The van der Waals surface area contributed by atoms with Crippen LogP contribution in [0.5, 0.6) is 11.5 Å². The summed E-state index contributed by atoms with van der Waals surface area (Å²) in [6, 6.07) is 3.10. The van der Waals surface area contributed by atoms with E-state index in [-0.39, 0.29) is 12.3 Å². The topological polar surface area (TPSA) is 87.6 Å². The first kappa shape index (κ1) is 11.3. The number of nitrogen functional groups attached to an aromatic ring is 1. The molecule has 1 aromatic rings. The van der Waals surface area contributed by atoms with Gasteiger partial charge >= 0.3 is 0 Å². The summed E-state index contributed by atoms with van der Waals surface area (Å²) in [6.07, 6.45) is 0. The van der Waals surface area contributed by atoms with Crippen molar-refractivity contribution in [2.75, 3.05) is 26.5 Å². The number of Topliss-reactive ketones (excluding diaryl/α,β-unsaturated/α-hetero) is 1. The van der Waals surface area contributed by atoms with Gasteiger partial charge < -0.3 is 20.9 Å². The maximum Gasteiger partial charge on any atom is 0.176 e. The quantitative estimate of drug-likeness (QED) is 0.555. The van der Waals surface area contributed by atoms with Gasteiger partial charge in [-0.25, -0.2) is 0 Å². The Hall–Kier alpha value is -1.75. The Balaban J connectivity index is 3.26. The first-order valence-corrected chi connectivity index (χ1v) is 4.38. The van der Waals surface area contributed by atoms with E-state index in [0.717, 1.165) is 0 Å². The summed E-state index contributed by atoms with van der Waals surface area (Å²) in [5.41, 5.74) is 11.8. The SMILES string of the molecule is COc1cc(C(=O)CN)cc(OC)c1N. The van der Waals surface area contributed by atoms with Crippen LogP contribution in [0.25, 0.3) is 0 Å². The van der Waals surface area contributed by atoms with Crippen molar-refractivity contribution in [2.24, 2.45) is 5.73 Å². The van der Waals surface area contributed by atoms with Crippen molar-refractivity contribution < 1.29 is 14.3 Å². The van der Waals surface area contributed by atoms with E-state index in [4.69, 9.17) is 20.9 Å². The summed E-state index contributed by atoms with van der Waals surface area (Å²) in [7, 11) is 2.95. The van der Waals surface area contributed by atoms with E-state index in [2.05, 4.69) is 0 Å². The molecule has 0 fully saturated rings. The van der Waals surface area contributed by atoms with Gasteiger partial charge in [-0.15, -0.1) is 0 Å². The highest BCUT2D eigenvalue weighted by atomic mass is 16.5. The summed E-state index contributed by atoms with van der Waals surface area (Å²) in [4.78, 5) is 11.4. The molecule has 0 bridgehead atoms. The molecule has 0 radical (unpaired) electrons. The molecule has 0 saturated carbocycles. The van der Waals surface area contributed by atoms with Crippen LogP contribution < -0.4 is 20.9 Å². The second kappa shape index (κ2) is 4.65. The number of anilines is 1. The predicted molar refractivity (Wildman–Crippen MR) is 57.3 cm³/mol. The highest BCUT2D eigenvalue weighted by molar-refractivity contribution is 5.99. The first-order valence-electron chi connectivity index (χ1n) is 4.38. The van der Waals surface area contributed by atoms with E-state index in [1.54, 1.807) is 12.1 Å². The number of benzene rings is 1. The van der Waals surface area contributed by atoms with Crippen molar-refractivity contribution >= 4 is 11.5 Å². The van der Waals surface area contributed by atoms with E-state index >= 15 is 0 Å². The van der Waals surface area contributed by atoms with E-state index in [1.165, 1.54) is 14.2 Å². The van der Waals surface area contributed by atoms with Crippen LogP contribution in [0.2, 0.25) is 0 Å². The molecule has 0 aliphatic carbocycles. The molecule has 0 aliphatic rings. The summed E-state index contributed by atoms with van der Waals surface area (Å²) in [5.74, 6) is 0.629. The third kappa shape index (κ3) is 2.19. The molecule has 0 atom stereocenters. The number of rotatable bonds is 4. The van der Waals surface area contributed by atoms with Gasteiger partial charge in [0.15, 0.2) is 5.78 Å². The van der Waals surface area contributed by atoms with Crippen LogP contribution in [0.1, 0.15) is 10.4 Å². The van der Waals surface area contributed by atoms with Crippen molar-refractivity contribution in [2.45, 2.75) is 0 Å². The number of ether oxygens (including phenoxy) is 2. The lowest BCUT2D eigenvalue weighted by molar-refractivity contribution is 0.100. The second-order valence-electron chi connectivity index (χ2n) is 2.92. The molecule has 5 heteroatoms. The Morgan fingerprint density at radius 1 is 1.27 bits per heavy atom. The van der Waals surface area contributed by atoms with Crippen molar-refractivity contribution in [3.63, 3.8) is 0 Å². The molecule has 0 unspecified atom stereocenters. The third-order valence-electron chi connectivity index (χ3n) is 2.05. The second-order valence-corrected chi connectivity index (χ2v) is 2.92. The average molecular weight is 210 g/mol. The van der Waals surface area contributed by atoms with Crippen LogP contribution in [0.15, 0.2) is 12.1 Å². The van der Waals surface area contributed by atoms with E-state index < -0.39 is 0 Å². The fraction of sp³-hybridized carbons (Fsp3) is 0.300. The maximum absolute atomic E-state index is 11.4. The minimum atomic E-state index is -0.188. The highest BCUT2D eigenvalue weighted by Crippen LogP contribution is 2.32. The standard InChI is InChI=1S/C10H14N2O3/c1-14-8-3-6(7(13)5-11)4-9(15-2)10(8)12/h3-4H,5,11-12H2,1-2H3. The van der Waals surface area contributed by atoms with Gasteiger partial charge in [-0.2, -0.15) is 0 Å². The molecular weight excluding hydrogens is 196 g/mol. The van der Waals surface area contributed by atoms with Gasteiger partial charge in [-0.05, 0) is 12.1 Å². The number of carbonyl (C=O) groups is 1. The van der Waals surface area contributed by atoms with Gasteiger partial charge in [0.1, 0.15) is 17.2 Å². The third-order valence-corrected chi connectivity index (χ3v) is 2.05. The Morgan fingerprint density at radius 3 is 2.07 bits per heavy atom. The molecule has 1 rings (SSSR count). The summed E-state index contributed by atoms with van der Waals surface area (Å²) < 4.78 is 10.0. The zero-order valence-electron chi connectivity index (χ0n) is 8.74. The van der Waals surface area contributed by atoms with Crippen LogP contribution in [0, 0.1) is 0 Å². The molecule has 0 aromatic heterocycles. The summed E-state index contributed by atoms with van der Waals surface area (Å²) in [5, 5.41) is 0. The Morgan fingerprint density at radius 2 is 1.73 bits per heavy atom. The molecule has 15 heavy (non-hydrogen) atoms. The van der Waals surface area contributed by atoms with Gasteiger partial charge in [-0.1, -0.05) is 0 Å². The van der Waals surface area contributed by atoms with E-state index in [1.807, 2.05) is 0 Å². The van der Waals surface area contributed by atoms with Crippen molar-refractivity contribution in [1.82, 2.24) is 0 Å². The first-order chi connectivity index (χ1) is 7.13. The molecule has 5 nitrogen and oxygen atoms in total. The molecule has 0 heterocycles. The van der Waals surface area contributed by atoms with Gasteiger partial charge in [0.2, 0.25) is 0 Å². The molecule has 0 spiro atoms. The summed E-state index contributed by atoms with van der Waals surface area (Å²) in [6.45, 7) is -0.0593. The Kier molecular flexibility index (Phi) is 3.51. The molecular formula is C10H14N2O3. The van der Waals surface area contributed by atoms with Crippen LogP contribution in [0.3, 0.4) is 0 Å². The van der Waals surface area contributed by atoms with Gasteiger partial charge in [-0.3, -0.25) is 4.79 Å². The molecule has 1 aromatic carbocycles. The van der Waals surface area contributed by atoms with Crippen LogP contribution >= 0.6 is 0 Å². The van der Waals surface area contributed by atoms with Crippen LogP contribution in [0.4, 0.5) is 5.69 Å². The number of hydrogen-bond acceptors (Lipinski definition) is 5. The molecule has 82 valence electrons. The van der Waals surface area contributed by atoms with E-state index in [9.17, 15) is 4.79 Å². The molecule has 0 aliphatic heterocycles. The zero-order chi connectivity index (χ0) is 11.4. The minimum Gasteiger partial charge on any atom is -0.494 e. The number of ketones is 1. The summed E-state index contributed by atoms with van der Waals surface area (Å²) >= 11 is 0. The highest BCUT2D eigenvalue weighted by Gasteiger charge is 2.12. The predicted octanol–water partition coefficient (Wildman–Crippen LogP) is 0.427. The maximum atomic E-state index is 11.4. The Labute approximate surface area is 88.0 Å². The molecule has 0 saturated heterocycles.